The van der Waals surface area contributed by atoms with Crippen molar-refractivity contribution in [3.8, 4) is 11.5 Å². The summed E-state index contributed by atoms with van der Waals surface area (Å²) in [5, 5.41) is 7.91. The number of carbonyl (C=O) groups is 1. The zero-order valence-corrected chi connectivity index (χ0v) is 17.3. The van der Waals surface area contributed by atoms with Crippen LogP contribution >= 0.6 is 0 Å². The van der Waals surface area contributed by atoms with Crippen molar-refractivity contribution in [2.24, 2.45) is 5.14 Å². The average molecular weight is 421 g/mol. The lowest BCUT2D eigenvalue weighted by Crippen LogP contribution is -3.11. The maximum Gasteiger partial charge on any atom is 0.279 e. The predicted molar refractivity (Wildman–Crippen MR) is 109 cm³/mol. The van der Waals surface area contributed by atoms with Crippen molar-refractivity contribution in [2.45, 2.75) is 23.8 Å². The Morgan fingerprint density at radius 2 is 1.90 bits per heavy atom. The number of carbonyl (C=O) groups excluding carboxylic acids is 1. The van der Waals surface area contributed by atoms with E-state index in [-0.39, 0.29) is 16.8 Å². The fourth-order valence-electron chi connectivity index (χ4n) is 3.75. The molecule has 1 amide bonds. The predicted octanol–water partition coefficient (Wildman–Crippen LogP) is 0.710. The summed E-state index contributed by atoms with van der Waals surface area (Å²) in [5.74, 6) is 1.40. The Morgan fingerprint density at radius 1 is 1.17 bits per heavy atom. The summed E-state index contributed by atoms with van der Waals surface area (Å²) < 4.78 is 33.5. The van der Waals surface area contributed by atoms with Crippen LogP contribution < -0.4 is 24.8 Å². The Kier molecular flexibility index (Phi) is 6.41. The molecule has 0 radical (unpaired) electrons. The molecule has 1 fully saturated rings. The monoisotopic (exact) mass is 420 g/mol. The van der Waals surface area contributed by atoms with Crippen LogP contribution in [0.4, 0.5) is 5.69 Å². The highest BCUT2D eigenvalue weighted by atomic mass is 32.2. The summed E-state index contributed by atoms with van der Waals surface area (Å²) in [6.45, 7) is 1.17. The number of anilines is 1. The Hall–Kier alpha value is -2.62. The standard InChI is InChI=1S/C20H25N3O5S/c1-27-15-7-10-19(28-2)17(12-15)18-4-3-11-23(18)13-20(24)22-14-5-8-16(9-6-14)29(21,25)26/h5-10,12,18H,3-4,11,13H2,1-2H3,(H,22,24)(H2,21,25,26)/p+1/t18-/m1/s1. The minimum Gasteiger partial charge on any atom is -0.497 e. The number of quaternary nitrogens is 1. The maximum atomic E-state index is 12.6. The van der Waals surface area contributed by atoms with Crippen LogP contribution in [0.25, 0.3) is 0 Å². The quantitative estimate of drug-likeness (QED) is 0.611. The van der Waals surface area contributed by atoms with Gasteiger partial charge in [0, 0.05) is 18.5 Å². The maximum absolute atomic E-state index is 12.6. The van der Waals surface area contributed by atoms with Gasteiger partial charge in [0.2, 0.25) is 10.0 Å². The van der Waals surface area contributed by atoms with E-state index in [1.807, 2.05) is 18.2 Å². The Bertz CT molecular complexity index is 976. The van der Waals surface area contributed by atoms with Crippen molar-refractivity contribution in [3.05, 3.63) is 48.0 Å². The van der Waals surface area contributed by atoms with Crippen molar-refractivity contribution < 1.29 is 27.6 Å². The second kappa shape index (κ2) is 8.81. The molecule has 156 valence electrons. The number of methoxy groups -OCH3 is 2. The fraction of sp³-hybridized carbons (Fsp3) is 0.350. The molecule has 2 atom stereocenters. The first kappa shape index (κ1) is 21.1. The van der Waals surface area contributed by atoms with E-state index in [2.05, 4.69) is 5.32 Å². The van der Waals surface area contributed by atoms with Crippen LogP contribution in [0.1, 0.15) is 24.4 Å². The molecule has 1 aliphatic heterocycles. The lowest BCUT2D eigenvalue weighted by molar-refractivity contribution is -0.910. The van der Waals surface area contributed by atoms with Gasteiger partial charge in [-0.25, -0.2) is 13.6 Å². The first-order chi connectivity index (χ1) is 13.8. The van der Waals surface area contributed by atoms with Crippen LogP contribution in [0.15, 0.2) is 47.4 Å². The number of hydrogen-bond donors (Lipinski definition) is 3. The Balaban J connectivity index is 1.70. The molecule has 9 heteroatoms. The largest absolute Gasteiger partial charge is 0.497 e. The number of primary sulfonamides is 1. The van der Waals surface area contributed by atoms with E-state index >= 15 is 0 Å². The minimum absolute atomic E-state index is 0.00542. The number of ether oxygens (including phenoxy) is 2. The topological polar surface area (TPSA) is 112 Å². The molecule has 4 N–H and O–H groups in total. The summed E-state index contributed by atoms with van der Waals surface area (Å²) in [5.41, 5.74) is 1.56. The first-order valence-corrected chi connectivity index (χ1v) is 10.9. The molecule has 0 bridgehead atoms. The number of benzene rings is 2. The molecule has 1 unspecified atom stereocenters. The Morgan fingerprint density at radius 3 is 2.52 bits per heavy atom. The van der Waals surface area contributed by atoms with Gasteiger partial charge in [-0.1, -0.05) is 0 Å². The van der Waals surface area contributed by atoms with Crippen LogP contribution in [0, 0.1) is 0 Å². The number of nitrogens with two attached hydrogens (primary N) is 1. The number of hydrogen-bond acceptors (Lipinski definition) is 5. The van der Waals surface area contributed by atoms with E-state index in [0.717, 1.165) is 41.3 Å². The number of sulfonamides is 1. The molecule has 0 spiro atoms. The van der Waals surface area contributed by atoms with Gasteiger partial charge in [-0.3, -0.25) is 4.79 Å². The molecule has 8 nitrogen and oxygen atoms in total. The average Bonchev–Trinajstić information content (AvgIpc) is 3.14. The van der Waals surface area contributed by atoms with Gasteiger partial charge in [-0.15, -0.1) is 0 Å². The highest BCUT2D eigenvalue weighted by molar-refractivity contribution is 7.89. The van der Waals surface area contributed by atoms with Gasteiger partial charge in [-0.2, -0.15) is 0 Å². The van der Waals surface area contributed by atoms with Gasteiger partial charge >= 0.3 is 0 Å². The highest BCUT2D eigenvalue weighted by Crippen LogP contribution is 2.31. The number of nitrogens with one attached hydrogen (secondary N) is 2. The zero-order valence-electron chi connectivity index (χ0n) is 16.5. The second-order valence-electron chi connectivity index (χ2n) is 7.01. The lowest BCUT2D eigenvalue weighted by Gasteiger charge is -2.23. The van der Waals surface area contributed by atoms with Crippen molar-refractivity contribution in [2.75, 3.05) is 32.6 Å². The van der Waals surface area contributed by atoms with Gasteiger partial charge in [0.25, 0.3) is 5.91 Å². The van der Waals surface area contributed by atoms with Gasteiger partial charge < -0.3 is 19.7 Å². The van der Waals surface area contributed by atoms with Gasteiger partial charge in [0.15, 0.2) is 6.54 Å². The molecule has 0 aliphatic carbocycles. The van der Waals surface area contributed by atoms with Crippen molar-refractivity contribution in [1.29, 1.82) is 0 Å². The molecule has 2 aromatic rings. The molecule has 1 saturated heterocycles. The summed E-state index contributed by atoms with van der Waals surface area (Å²) in [4.78, 5) is 13.7. The van der Waals surface area contributed by atoms with Crippen LogP contribution in [0.3, 0.4) is 0 Å². The molecule has 1 heterocycles. The lowest BCUT2D eigenvalue weighted by atomic mass is 10.0. The molecular weight excluding hydrogens is 394 g/mol. The number of likely N-dealkylation sites (tertiary alicyclic amines) is 1. The Labute approximate surface area is 170 Å². The smallest absolute Gasteiger partial charge is 0.279 e. The molecule has 1 aliphatic rings. The number of amides is 1. The van der Waals surface area contributed by atoms with E-state index < -0.39 is 10.0 Å². The molecule has 0 aromatic heterocycles. The SMILES string of the molecule is COc1ccc(OC)c([C@H]2CCC[NH+]2CC(=O)Nc2ccc(S(N)(=O)=O)cc2)c1. The third kappa shape index (κ3) is 5.06. The third-order valence-electron chi connectivity index (χ3n) is 5.15. The molecule has 2 aromatic carbocycles. The van der Waals surface area contributed by atoms with E-state index in [9.17, 15) is 13.2 Å². The van der Waals surface area contributed by atoms with Crippen LogP contribution in [0.2, 0.25) is 0 Å². The minimum atomic E-state index is -3.76. The normalized spacial score (nSPS) is 19.0. The number of rotatable bonds is 7. The molecule has 3 rings (SSSR count). The molecule has 29 heavy (non-hydrogen) atoms. The zero-order chi connectivity index (χ0) is 21.0. The molecular formula is C20H26N3O5S+. The van der Waals surface area contributed by atoms with Crippen molar-refractivity contribution in [1.82, 2.24) is 0 Å². The van der Waals surface area contributed by atoms with E-state index in [4.69, 9.17) is 14.6 Å². The third-order valence-corrected chi connectivity index (χ3v) is 6.08. The van der Waals surface area contributed by atoms with Gasteiger partial charge in [-0.05, 0) is 42.5 Å². The van der Waals surface area contributed by atoms with E-state index in [0.29, 0.717) is 12.2 Å². The second-order valence-corrected chi connectivity index (χ2v) is 8.57. The fourth-order valence-corrected chi connectivity index (χ4v) is 4.27. The summed E-state index contributed by atoms with van der Waals surface area (Å²) in [6, 6.07) is 11.6. The van der Waals surface area contributed by atoms with Gasteiger partial charge in [0.05, 0.1) is 31.2 Å². The highest BCUT2D eigenvalue weighted by Gasteiger charge is 2.34. The summed E-state index contributed by atoms with van der Waals surface area (Å²) in [6.07, 6.45) is 1.96. The first-order valence-electron chi connectivity index (χ1n) is 9.31. The van der Waals surface area contributed by atoms with E-state index in [1.165, 1.54) is 24.3 Å². The van der Waals surface area contributed by atoms with E-state index in [1.54, 1.807) is 14.2 Å². The molecule has 0 saturated carbocycles. The van der Waals surface area contributed by atoms with Gasteiger partial charge in [0.1, 0.15) is 17.5 Å². The van der Waals surface area contributed by atoms with Crippen LogP contribution in [-0.2, 0) is 14.8 Å². The van der Waals surface area contributed by atoms with Crippen molar-refractivity contribution in [3.63, 3.8) is 0 Å². The summed E-state index contributed by atoms with van der Waals surface area (Å²) >= 11 is 0. The van der Waals surface area contributed by atoms with Crippen molar-refractivity contribution >= 4 is 21.6 Å². The summed E-state index contributed by atoms with van der Waals surface area (Å²) in [7, 11) is -0.495. The van der Waals surface area contributed by atoms with Crippen LogP contribution in [0.5, 0.6) is 11.5 Å². The van der Waals surface area contributed by atoms with Crippen LogP contribution in [-0.4, -0.2) is 41.6 Å².